The van der Waals surface area contributed by atoms with Gasteiger partial charge in [-0.3, -0.25) is 9.69 Å². The molecule has 150 valence electrons. The predicted molar refractivity (Wildman–Crippen MR) is 115 cm³/mol. The largest absolute Gasteiger partial charge is 0.293 e. The monoisotopic (exact) mass is 362 g/mol. The normalized spacial score (nSPS) is 10.5. The maximum atomic E-state index is 12.8. The molecule has 1 aromatic heterocycles. The number of hydrogen-bond acceptors (Lipinski definition) is 2. The molecule has 0 unspecified atom stereocenters. The number of carbonyl (C=O) groups is 1. The van der Waals surface area contributed by atoms with Gasteiger partial charge >= 0.3 is 0 Å². The second-order valence-corrected chi connectivity index (χ2v) is 6.59. The van der Waals surface area contributed by atoms with Crippen LogP contribution in [0.1, 0.15) is 105 Å². The minimum atomic E-state index is 0.207. The van der Waals surface area contributed by atoms with Crippen molar-refractivity contribution in [1.29, 1.82) is 0 Å². The number of hydrogen-bond donors (Lipinski definition) is 0. The summed E-state index contributed by atoms with van der Waals surface area (Å²) < 4.78 is 0. The van der Waals surface area contributed by atoms with Crippen LogP contribution in [0.2, 0.25) is 0 Å². The van der Waals surface area contributed by atoms with Gasteiger partial charge in [0.2, 0.25) is 5.91 Å². The average Bonchev–Trinajstić information content (AvgIpc) is 2.70. The fourth-order valence-corrected chi connectivity index (χ4v) is 3.17. The van der Waals surface area contributed by atoms with E-state index < -0.39 is 0 Å². The fourth-order valence-electron chi connectivity index (χ4n) is 3.17. The van der Waals surface area contributed by atoms with E-state index >= 15 is 0 Å². The van der Waals surface area contributed by atoms with Crippen molar-refractivity contribution in [2.75, 3.05) is 4.90 Å². The maximum Gasteiger partial charge on any atom is 0.228 e. The molecule has 0 atom stereocenters. The van der Waals surface area contributed by atoms with Gasteiger partial charge in [-0.2, -0.15) is 0 Å². The summed E-state index contributed by atoms with van der Waals surface area (Å²) in [6.45, 7) is 14.7. The first-order chi connectivity index (χ1) is 12.6. The molecule has 1 rings (SSSR count). The zero-order valence-corrected chi connectivity index (χ0v) is 18.4. The molecule has 1 amide bonds. The van der Waals surface area contributed by atoms with E-state index in [1.54, 1.807) is 0 Å². The van der Waals surface area contributed by atoms with E-state index in [9.17, 15) is 4.79 Å². The van der Waals surface area contributed by atoms with Crippen molar-refractivity contribution in [2.24, 2.45) is 0 Å². The summed E-state index contributed by atoms with van der Waals surface area (Å²) in [5.74, 6) is 1.11. The van der Waals surface area contributed by atoms with E-state index in [1.807, 2.05) is 31.9 Å². The molecule has 0 fully saturated rings. The van der Waals surface area contributed by atoms with Crippen LogP contribution in [0, 0.1) is 0 Å². The SMILES string of the molecule is CC.CCCCC(CCCC)N(C(=O)CC)c1ncc(CC)cc1CC. The Bertz CT molecular complexity index is 491. The number of amides is 1. The third-order valence-corrected chi connectivity index (χ3v) is 4.73. The number of anilines is 1. The molecule has 0 aliphatic carbocycles. The molecule has 0 saturated heterocycles. The van der Waals surface area contributed by atoms with Crippen LogP contribution < -0.4 is 4.90 Å². The Morgan fingerprint density at radius 3 is 2.00 bits per heavy atom. The third kappa shape index (κ3) is 7.47. The highest BCUT2D eigenvalue weighted by Gasteiger charge is 2.26. The highest BCUT2D eigenvalue weighted by Crippen LogP contribution is 2.27. The van der Waals surface area contributed by atoms with Crippen LogP contribution in [0.25, 0.3) is 0 Å². The molecule has 26 heavy (non-hydrogen) atoms. The van der Waals surface area contributed by atoms with Crippen LogP contribution in [0.15, 0.2) is 12.3 Å². The maximum absolute atomic E-state index is 12.8. The summed E-state index contributed by atoms with van der Waals surface area (Å²) in [5, 5.41) is 0. The first kappa shape index (κ1) is 24.6. The summed E-state index contributed by atoms with van der Waals surface area (Å²) in [6.07, 6.45) is 11.2. The lowest BCUT2D eigenvalue weighted by atomic mass is 10.00. The van der Waals surface area contributed by atoms with E-state index in [0.29, 0.717) is 6.42 Å². The first-order valence-corrected chi connectivity index (χ1v) is 10.9. The van der Waals surface area contributed by atoms with E-state index in [-0.39, 0.29) is 11.9 Å². The number of aryl methyl sites for hydroxylation is 2. The number of rotatable bonds is 11. The Morgan fingerprint density at radius 2 is 1.58 bits per heavy atom. The van der Waals surface area contributed by atoms with Crippen LogP contribution in [0.4, 0.5) is 5.82 Å². The van der Waals surface area contributed by atoms with Crippen LogP contribution in [-0.4, -0.2) is 16.9 Å². The molecule has 0 saturated carbocycles. The van der Waals surface area contributed by atoms with Crippen molar-refractivity contribution < 1.29 is 4.79 Å². The van der Waals surface area contributed by atoms with Gasteiger partial charge in [0.15, 0.2) is 0 Å². The zero-order chi connectivity index (χ0) is 19.9. The Hall–Kier alpha value is -1.38. The smallest absolute Gasteiger partial charge is 0.228 e. The summed E-state index contributed by atoms with van der Waals surface area (Å²) >= 11 is 0. The Morgan fingerprint density at radius 1 is 1.00 bits per heavy atom. The van der Waals surface area contributed by atoms with Crippen molar-refractivity contribution in [3.05, 3.63) is 23.4 Å². The minimum absolute atomic E-state index is 0.207. The summed E-state index contributed by atoms with van der Waals surface area (Å²) in [6, 6.07) is 2.51. The minimum Gasteiger partial charge on any atom is -0.293 e. The highest BCUT2D eigenvalue weighted by molar-refractivity contribution is 5.93. The quantitative estimate of drug-likeness (QED) is 0.437. The van der Waals surface area contributed by atoms with E-state index in [4.69, 9.17) is 4.98 Å². The Balaban J connectivity index is 0.00000301. The average molecular weight is 363 g/mol. The van der Waals surface area contributed by atoms with Crippen molar-refractivity contribution >= 4 is 11.7 Å². The molecule has 1 aromatic rings. The number of carbonyl (C=O) groups excluding carboxylic acids is 1. The lowest BCUT2D eigenvalue weighted by Gasteiger charge is -2.32. The van der Waals surface area contributed by atoms with Gasteiger partial charge in [-0.25, -0.2) is 4.98 Å². The van der Waals surface area contributed by atoms with E-state index in [1.165, 1.54) is 24.0 Å². The number of unbranched alkanes of at least 4 members (excludes halogenated alkanes) is 2. The molecular weight excluding hydrogens is 320 g/mol. The highest BCUT2D eigenvalue weighted by atomic mass is 16.2. The van der Waals surface area contributed by atoms with Gasteiger partial charge in [0.1, 0.15) is 5.82 Å². The van der Waals surface area contributed by atoms with Gasteiger partial charge in [-0.05, 0) is 36.8 Å². The molecule has 0 aliphatic heterocycles. The van der Waals surface area contributed by atoms with Gasteiger partial charge in [0.05, 0.1) is 0 Å². The van der Waals surface area contributed by atoms with Crippen LogP contribution in [0.3, 0.4) is 0 Å². The van der Waals surface area contributed by atoms with Crippen molar-refractivity contribution in [2.45, 2.75) is 112 Å². The van der Waals surface area contributed by atoms with Crippen LogP contribution >= 0.6 is 0 Å². The summed E-state index contributed by atoms with van der Waals surface area (Å²) in [5.41, 5.74) is 2.45. The van der Waals surface area contributed by atoms with Gasteiger partial charge in [0.25, 0.3) is 0 Å². The van der Waals surface area contributed by atoms with Gasteiger partial charge in [-0.1, -0.05) is 80.2 Å². The number of pyridine rings is 1. The summed E-state index contributed by atoms with van der Waals surface area (Å²) in [7, 11) is 0. The van der Waals surface area contributed by atoms with Crippen LogP contribution in [0.5, 0.6) is 0 Å². The lowest BCUT2D eigenvalue weighted by Crippen LogP contribution is -2.41. The predicted octanol–water partition coefficient (Wildman–Crippen LogP) is 6.72. The van der Waals surface area contributed by atoms with Crippen molar-refractivity contribution in [1.82, 2.24) is 4.98 Å². The molecule has 1 heterocycles. The molecule has 0 aliphatic rings. The topological polar surface area (TPSA) is 33.2 Å². The van der Waals surface area contributed by atoms with Gasteiger partial charge in [-0.15, -0.1) is 0 Å². The molecule has 3 nitrogen and oxygen atoms in total. The molecular formula is C23H42N2O. The molecule has 0 bridgehead atoms. The van der Waals surface area contributed by atoms with E-state index in [2.05, 4.69) is 33.8 Å². The van der Waals surface area contributed by atoms with Crippen molar-refractivity contribution in [3.63, 3.8) is 0 Å². The first-order valence-electron chi connectivity index (χ1n) is 10.9. The number of aromatic nitrogens is 1. The standard InChI is InChI=1S/C21H36N2O.C2H6/c1-6-11-13-19(14-12-7-2)23(20(24)10-5)21-18(9-4)15-17(8-3)16-22-21;1-2/h15-16,19H,6-14H2,1-5H3;1-2H3. The molecule has 0 radical (unpaired) electrons. The van der Waals surface area contributed by atoms with E-state index in [0.717, 1.165) is 44.3 Å². The van der Waals surface area contributed by atoms with Gasteiger partial charge in [0, 0.05) is 18.7 Å². The Kier molecular flexibility index (Phi) is 14.0. The number of nitrogens with zero attached hydrogens (tertiary/aromatic N) is 2. The zero-order valence-electron chi connectivity index (χ0n) is 18.4. The lowest BCUT2D eigenvalue weighted by molar-refractivity contribution is -0.118. The second kappa shape index (κ2) is 14.8. The van der Waals surface area contributed by atoms with Crippen LogP contribution in [-0.2, 0) is 17.6 Å². The third-order valence-electron chi connectivity index (χ3n) is 4.73. The molecule has 3 heteroatoms. The fraction of sp³-hybridized carbons (Fsp3) is 0.739. The van der Waals surface area contributed by atoms with Gasteiger partial charge < -0.3 is 0 Å². The Labute approximate surface area is 162 Å². The molecule has 0 aromatic carbocycles. The van der Waals surface area contributed by atoms with Crippen molar-refractivity contribution in [3.8, 4) is 0 Å². The second-order valence-electron chi connectivity index (χ2n) is 6.59. The molecule has 0 N–H and O–H groups in total. The summed E-state index contributed by atoms with van der Waals surface area (Å²) in [4.78, 5) is 19.6. The molecule has 0 spiro atoms.